The minimum absolute atomic E-state index is 0.000167. The molecule has 2 aromatic heterocycles. The predicted molar refractivity (Wildman–Crippen MR) is 292 cm³/mol. The van der Waals surface area contributed by atoms with Crippen molar-refractivity contribution in [1.82, 2.24) is 34.6 Å². The van der Waals surface area contributed by atoms with E-state index in [0.717, 1.165) is 90.8 Å². The van der Waals surface area contributed by atoms with Gasteiger partial charge < -0.3 is 34.2 Å². The smallest absolute Gasteiger partial charge is 0.238 e. The van der Waals surface area contributed by atoms with E-state index in [4.69, 9.17) is 14.7 Å². The summed E-state index contributed by atoms with van der Waals surface area (Å²) < 4.78 is 23.5. The zero-order valence-electron chi connectivity index (χ0n) is 44.8. The summed E-state index contributed by atoms with van der Waals surface area (Å²) in [5.41, 5.74) is 4.83. The zero-order valence-corrected chi connectivity index (χ0v) is 44.8. The van der Waals surface area contributed by atoms with Gasteiger partial charge in [-0.15, -0.1) is 0 Å². The molecule has 7 heterocycles. The van der Waals surface area contributed by atoms with Crippen molar-refractivity contribution in [2.75, 3.05) is 49.5 Å². The summed E-state index contributed by atoms with van der Waals surface area (Å²) in [4.78, 5) is 86.6. The van der Waals surface area contributed by atoms with Gasteiger partial charge in [-0.25, -0.2) is 14.4 Å². The first-order valence-corrected chi connectivity index (χ1v) is 28.6. The molecule has 4 saturated heterocycles. The molecule has 2 N–H and O–H groups in total. The van der Waals surface area contributed by atoms with Crippen LogP contribution in [0.25, 0.3) is 22.3 Å². The summed E-state index contributed by atoms with van der Waals surface area (Å²) in [5.74, 6) is 0.392. The number of carbonyl (C=O) groups excluding carboxylic acids is 5. The van der Waals surface area contributed by atoms with E-state index in [-0.39, 0.29) is 65.4 Å². The lowest BCUT2D eigenvalue weighted by molar-refractivity contribution is -0.150. The molecule has 2 saturated carbocycles. The van der Waals surface area contributed by atoms with Crippen LogP contribution in [-0.2, 0) is 29.4 Å². The van der Waals surface area contributed by atoms with Crippen LogP contribution < -0.4 is 20.3 Å². The largest absolute Gasteiger partial charge is 0.490 e. The number of rotatable bonds is 11. The highest BCUT2D eigenvalue weighted by atomic mass is 19.1. The minimum Gasteiger partial charge on any atom is -0.490 e. The van der Waals surface area contributed by atoms with Crippen molar-refractivity contribution in [3.05, 3.63) is 96.1 Å². The molecule has 77 heavy (non-hydrogen) atoms. The lowest BCUT2D eigenvalue weighted by atomic mass is 9.72. The lowest BCUT2D eigenvalue weighted by Gasteiger charge is -2.48. The minimum atomic E-state index is -0.755. The Morgan fingerprint density at radius 3 is 2.22 bits per heavy atom. The summed E-state index contributed by atoms with van der Waals surface area (Å²) in [6, 6.07) is 23.1. The quantitative estimate of drug-likeness (QED) is 0.122. The number of ether oxygens (including phenoxy) is 1. The Balaban J connectivity index is 0.709. The highest BCUT2D eigenvalue weighted by molar-refractivity contribution is 6.10. The Morgan fingerprint density at radius 1 is 0.805 bits per heavy atom. The Bertz CT molecular complexity index is 3080. The number of likely N-dealkylation sites (tertiary alicyclic amines) is 3. The molecule has 404 valence electrons. The molecule has 2 aliphatic carbocycles. The summed E-state index contributed by atoms with van der Waals surface area (Å²) >= 11 is 0. The predicted octanol–water partition coefficient (Wildman–Crippen LogP) is 9.57. The molecule has 0 bridgehead atoms. The van der Waals surface area contributed by atoms with Crippen molar-refractivity contribution in [3.63, 3.8) is 0 Å². The van der Waals surface area contributed by atoms with Crippen molar-refractivity contribution in [3.8, 4) is 17.0 Å². The number of hydrogen-bond donors (Lipinski definition) is 2. The second-order valence-electron chi connectivity index (χ2n) is 23.8. The fourth-order valence-electron chi connectivity index (χ4n) is 13.9. The monoisotopic (exact) mass is 1050 g/mol. The van der Waals surface area contributed by atoms with Crippen LogP contribution in [0.1, 0.15) is 140 Å². The number of piperidine rings is 4. The van der Waals surface area contributed by atoms with Crippen LogP contribution in [0.3, 0.4) is 0 Å². The van der Waals surface area contributed by atoms with E-state index in [2.05, 4.69) is 59.4 Å². The van der Waals surface area contributed by atoms with Gasteiger partial charge in [-0.3, -0.25) is 29.3 Å². The fourth-order valence-corrected chi connectivity index (χ4v) is 13.9. The van der Waals surface area contributed by atoms with Crippen molar-refractivity contribution in [2.45, 2.75) is 153 Å². The molecule has 0 radical (unpaired) electrons. The average Bonchev–Trinajstić information content (AvgIpc) is 4.22. The molecule has 16 heteroatoms. The maximum absolute atomic E-state index is 15.4. The molecule has 5 amide bonds. The molecule has 1 spiro atoms. The van der Waals surface area contributed by atoms with Crippen LogP contribution in [0, 0.1) is 17.2 Å². The molecule has 6 fully saturated rings. The average molecular weight is 1050 g/mol. The molecule has 0 unspecified atom stereocenters. The first-order chi connectivity index (χ1) is 37.2. The van der Waals surface area contributed by atoms with Crippen LogP contribution >= 0.6 is 0 Å². The van der Waals surface area contributed by atoms with E-state index in [1.54, 1.807) is 24.5 Å². The number of amides is 5. The molecule has 5 aromatic rings. The number of halogens is 1. The normalized spacial score (nSPS) is 25.4. The number of pyridine rings is 1. The molecule has 7 aliphatic rings. The number of nitrogens with one attached hydrogen (secondary N) is 2. The Hall–Kier alpha value is -6.68. The summed E-state index contributed by atoms with van der Waals surface area (Å²) in [6.07, 6.45) is 13.5. The van der Waals surface area contributed by atoms with Gasteiger partial charge in [0.25, 0.3) is 0 Å². The summed E-state index contributed by atoms with van der Waals surface area (Å²) in [5, 5.41) is 5.72. The second kappa shape index (κ2) is 20.6. The van der Waals surface area contributed by atoms with Gasteiger partial charge in [0.1, 0.15) is 17.1 Å². The number of imide groups is 1. The Kier molecular flexibility index (Phi) is 13.7. The zero-order chi connectivity index (χ0) is 53.2. The highest BCUT2D eigenvalue weighted by Crippen LogP contribution is 2.53. The third kappa shape index (κ3) is 9.56. The van der Waals surface area contributed by atoms with E-state index in [0.29, 0.717) is 87.9 Å². The van der Waals surface area contributed by atoms with Crippen molar-refractivity contribution < 1.29 is 33.1 Å². The number of fused-ring (bicyclic) bond motifs is 3. The summed E-state index contributed by atoms with van der Waals surface area (Å²) in [7, 11) is 0. The number of hydrogen-bond acceptors (Lipinski definition) is 10. The van der Waals surface area contributed by atoms with Crippen molar-refractivity contribution in [1.29, 1.82) is 0 Å². The molecule has 15 nitrogen and oxygen atoms in total. The third-order valence-corrected chi connectivity index (χ3v) is 18.7. The third-order valence-electron chi connectivity index (χ3n) is 18.7. The molecule has 1 atom stereocenters. The molecular formula is C61H72FN9O6. The van der Waals surface area contributed by atoms with Gasteiger partial charge in [0, 0.05) is 73.3 Å². The maximum Gasteiger partial charge on any atom is 0.238 e. The van der Waals surface area contributed by atoms with Gasteiger partial charge in [-0.2, -0.15) is 0 Å². The Morgan fingerprint density at radius 2 is 1.52 bits per heavy atom. The first-order valence-electron chi connectivity index (χ1n) is 28.6. The van der Waals surface area contributed by atoms with Crippen molar-refractivity contribution >= 4 is 57.8 Å². The van der Waals surface area contributed by atoms with E-state index in [9.17, 15) is 19.2 Å². The van der Waals surface area contributed by atoms with E-state index in [1.807, 2.05) is 44.7 Å². The number of anilines is 3. The number of carbonyl (C=O) groups is 5. The maximum atomic E-state index is 15.4. The SMILES string of the molecule is CC(C)n1cnc2cc(-c3ccc4c(c3)N(C3CC(N5CCCCC5)C3)C(=O)C43CCN(C(=O)C4(C)CCN(C(=O)C5CCC(Oc6ccc([C@H]7CCC(=O)NC7=O)cc6)CC5)CC4)CC3)nc(Nc3ccccc3F)c21. The van der Waals surface area contributed by atoms with Crippen LogP contribution in [0.15, 0.2) is 79.1 Å². The van der Waals surface area contributed by atoms with Gasteiger partial charge in [0.05, 0.1) is 40.7 Å². The number of para-hydroxylation sites is 1. The second-order valence-corrected chi connectivity index (χ2v) is 23.8. The van der Waals surface area contributed by atoms with Gasteiger partial charge in [0.15, 0.2) is 5.82 Å². The standard InChI is InChI=1S/C61H72FN9O6/c1-38(2)70-37-63-51-36-50(65-55(54(51)70)64-49-10-6-5-9-48(49)62)41-15-21-47-52(33-41)71(43-34-42(35-43)67-27-7-4-8-28-67)59(76)61(47)25-31-69(32-26-61)58(75)60(3)23-29-68(30-24-60)57(74)40-13-18-45(19-14-40)77-44-16-11-39(12-17-44)46-20-22-53(72)66-56(46)73/h5-6,9-12,15-17,21,33,36-38,40,42-43,45-46H,4,7-8,13-14,18-20,22-32,34-35H2,1-3H3,(H,64,65)(H,66,72,73)/t40?,42?,43?,45?,46-/m1/s1. The first kappa shape index (κ1) is 51.1. The number of benzene rings is 3. The van der Waals surface area contributed by atoms with Crippen LogP contribution in [0.2, 0.25) is 0 Å². The topological polar surface area (TPSA) is 162 Å². The number of imidazole rings is 1. The lowest BCUT2D eigenvalue weighted by Crippen LogP contribution is -2.59. The highest BCUT2D eigenvalue weighted by Gasteiger charge is 2.56. The van der Waals surface area contributed by atoms with Gasteiger partial charge in [-0.1, -0.05) is 49.7 Å². The van der Waals surface area contributed by atoms with Gasteiger partial charge in [0.2, 0.25) is 29.5 Å². The van der Waals surface area contributed by atoms with Gasteiger partial charge in [-0.05, 0) is 158 Å². The van der Waals surface area contributed by atoms with Gasteiger partial charge >= 0.3 is 0 Å². The number of nitrogens with zero attached hydrogens (tertiary/aromatic N) is 7. The molecule has 12 rings (SSSR count). The summed E-state index contributed by atoms with van der Waals surface area (Å²) in [6.45, 7) is 10.5. The van der Waals surface area contributed by atoms with Crippen molar-refractivity contribution in [2.24, 2.45) is 11.3 Å². The molecular weight excluding hydrogens is 974 g/mol. The van der Waals surface area contributed by atoms with E-state index in [1.165, 1.54) is 25.3 Å². The fraction of sp³-hybridized carbons (Fsp3) is 0.525. The van der Waals surface area contributed by atoms with Crippen LogP contribution in [0.4, 0.5) is 21.6 Å². The molecule has 3 aromatic carbocycles. The van der Waals surface area contributed by atoms with Crippen LogP contribution in [0.5, 0.6) is 5.75 Å². The number of aromatic nitrogens is 3. The van der Waals surface area contributed by atoms with E-state index >= 15 is 9.18 Å². The van der Waals surface area contributed by atoms with Crippen LogP contribution in [-0.4, -0.2) is 116 Å². The van der Waals surface area contributed by atoms with E-state index < -0.39 is 10.8 Å². The Labute approximate surface area is 450 Å². The molecule has 5 aliphatic heterocycles.